The second-order valence-electron chi connectivity index (χ2n) is 11.4. The van der Waals surface area contributed by atoms with Crippen molar-refractivity contribution in [1.82, 2.24) is 9.97 Å². The molecular weight excluding hydrogens is 542 g/mol. The molecule has 6 heteroatoms. The topological polar surface area (TPSA) is 85.8 Å². The van der Waals surface area contributed by atoms with Gasteiger partial charge in [-0.1, -0.05) is 48.5 Å². The molecule has 0 fully saturated rings. The predicted octanol–water partition coefficient (Wildman–Crippen LogP) is 9.03. The summed E-state index contributed by atoms with van der Waals surface area (Å²) < 4.78 is 6.17. The highest BCUT2D eigenvalue weighted by Crippen LogP contribution is 2.47. The molecule has 1 aliphatic heterocycles. The van der Waals surface area contributed by atoms with E-state index in [1.165, 1.54) is 28.1 Å². The number of benzene rings is 4. The molecule has 0 N–H and O–H groups in total. The number of nitrogens with zero attached hydrogens (tertiary/aromatic N) is 5. The van der Waals surface area contributed by atoms with Crippen LogP contribution in [0.25, 0.3) is 33.3 Å². The normalized spacial score (nSPS) is 13.6. The van der Waals surface area contributed by atoms with Crippen LogP contribution in [0.2, 0.25) is 0 Å². The number of nitriles is 2. The summed E-state index contributed by atoms with van der Waals surface area (Å²) >= 11 is 0. The minimum absolute atomic E-state index is 0.0813. The number of rotatable bonds is 1. The van der Waals surface area contributed by atoms with Gasteiger partial charge < -0.3 is 9.64 Å². The van der Waals surface area contributed by atoms with Gasteiger partial charge in [-0.2, -0.15) is 10.5 Å². The van der Waals surface area contributed by atoms with E-state index in [9.17, 15) is 0 Å². The zero-order chi connectivity index (χ0) is 30.5. The van der Waals surface area contributed by atoms with Crippen LogP contribution >= 0.6 is 0 Å². The van der Waals surface area contributed by atoms with Gasteiger partial charge in [-0.3, -0.25) is 0 Å². The molecule has 0 bridgehead atoms. The lowest BCUT2D eigenvalue weighted by Gasteiger charge is -2.36. The number of hydrogen-bond donors (Lipinski definition) is 0. The third-order valence-electron chi connectivity index (χ3n) is 8.47. The molecule has 2 aliphatic carbocycles. The van der Waals surface area contributed by atoms with Crippen molar-refractivity contribution in [2.45, 2.75) is 40.5 Å². The molecule has 4 aromatic carbocycles. The van der Waals surface area contributed by atoms with Crippen LogP contribution < -0.4 is 9.64 Å². The van der Waals surface area contributed by atoms with Crippen molar-refractivity contribution in [2.75, 3.05) is 4.90 Å². The Morgan fingerprint density at radius 2 is 1.48 bits per heavy atom. The third kappa shape index (κ3) is 4.32. The van der Waals surface area contributed by atoms with Gasteiger partial charge in [0.2, 0.25) is 0 Å². The van der Waals surface area contributed by atoms with Crippen LogP contribution in [0.3, 0.4) is 0 Å². The van der Waals surface area contributed by atoms with Crippen LogP contribution in [-0.2, 0) is 0 Å². The minimum atomic E-state index is 0.0813. The highest BCUT2D eigenvalue weighted by atomic mass is 16.5. The number of aryl methyl sites for hydroxylation is 4. The maximum atomic E-state index is 9.14. The van der Waals surface area contributed by atoms with Gasteiger partial charge in [0.25, 0.3) is 0 Å². The first kappa shape index (κ1) is 27.1. The number of allylic oxidation sites excluding steroid dienone is 3. The van der Waals surface area contributed by atoms with Gasteiger partial charge in [-0.15, -0.1) is 0 Å². The summed E-state index contributed by atoms with van der Waals surface area (Å²) in [6.07, 6.45) is 6.43. The number of anilines is 2. The van der Waals surface area contributed by atoms with E-state index < -0.39 is 0 Å². The SMILES string of the molecule is Cc1cc(C)c(N2C3=C(CCC=C3)Oc3ccccc32)cc1C.Cc1cc2c3c(cccc3c1)-c1nc(C#N)c(C#N)nc1-2. The standard InChI is InChI=1S/C21H21NO.C17H8N4/c1-14-12-16(3)19(13-15(14)2)22-17-8-4-6-10-20(17)23-21-11-7-5-9-18(21)22;1-9-5-10-3-2-4-11-15(10)12(6-9)17-16(11)20-13(7-18)14(8-19)21-17/h4-6,8-10,12-13H,7,11H2,1-3H3;2-6H,1H3. The van der Waals surface area contributed by atoms with Gasteiger partial charge in [0.1, 0.15) is 17.9 Å². The number of aromatic nitrogens is 2. The highest BCUT2D eigenvalue weighted by Gasteiger charge is 2.29. The molecule has 0 atom stereocenters. The van der Waals surface area contributed by atoms with Crippen LogP contribution in [0, 0.1) is 50.4 Å². The predicted molar refractivity (Wildman–Crippen MR) is 173 cm³/mol. The van der Waals surface area contributed by atoms with Crippen molar-refractivity contribution >= 4 is 22.1 Å². The number of hydrogen-bond acceptors (Lipinski definition) is 6. The Kier molecular flexibility index (Phi) is 6.49. The van der Waals surface area contributed by atoms with Crippen molar-refractivity contribution < 1.29 is 4.74 Å². The third-order valence-corrected chi connectivity index (χ3v) is 8.47. The summed E-state index contributed by atoms with van der Waals surface area (Å²) in [5.74, 6) is 2.02. The van der Waals surface area contributed by atoms with E-state index in [2.05, 4.69) is 96.3 Å². The van der Waals surface area contributed by atoms with E-state index in [-0.39, 0.29) is 11.4 Å². The van der Waals surface area contributed by atoms with E-state index >= 15 is 0 Å². The van der Waals surface area contributed by atoms with Crippen molar-refractivity contribution in [2.24, 2.45) is 0 Å². The average Bonchev–Trinajstić information content (AvgIpc) is 3.34. The van der Waals surface area contributed by atoms with Crippen LogP contribution in [0.1, 0.15) is 46.5 Å². The van der Waals surface area contributed by atoms with Crippen molar-refractivity contribution in [1.29, 1.82) is 10.5 Å². The zero-order valence-electron chi connectivity index (χ0n) is 25.1. The fourth-order valence-corrected chi connectivity index (χ4v) is 6.30. The Balaban J connectivity index is 0.000000143. The summed E-state index contributed by atoms with van der Waals surface area (Å²) in [7, 11) is 0. The molecule has 212 valence electrons. The Morgan fingerprint density at radius 1 is 0.750 bits per heavy atom. The first-order valence-corrected chi connectivity index (χ1v) is 14.7. The summed E-state index contributed by atoms with van der Waals surface area (Å²) in [6, 6.07) is 26.9. The minimum Gasteiger partial charge on any atom is -0.457 e. The number of para-hydroxylation sites is 2. The molecule has 5 aromatic rings. The van der Waals surface area contributed by atoms with Gasteiger partial charge in [0.15, 0.2) is 17.1 Å². The largest absolute Gasteiger partial charge is 0.457 e. The van der Waals surface area contributed by atoms with Crippen molar-refractivity contribution in [3.05, 3.63) is 124 Å². The number of ether oxygens (including phenoxy) is 1. The van der Waals surface area contributed by atoms with Crippen molar-refractivity contribution in [3.8, 4) is 40.4 Å². The maximum absolute atomic E-state index is 9.14. The quantitative estimate of drug-likeness (QED) is 0.196. The summed E-state index contributed by atoms with van der Waals surface area (Å²) in [5.41, 5.74) is 12.1. The lowest BCUT2D eigenvalue weighted by Crippen LogP contribution is -2.25. The molecule has 8 rings (SSSR count). The molecular formula is C38H29N5O. The summed E-state index contributed by atoms with van der Waals surface area (Å²) in [5, 5.41) is 20.5. The number of fused-ring (bicyclic) bond motifs is 4. The molecule has 6 nitrogen and oxygen atoms in total. The monoisotopic (exact) mass is 571 g/mol. The summed E-state index contributed by atoms with van der Waals surface area (Å²) in [6.45, 7) is 8.57. The fraction of sp³-hybridized carbons (Fsp3) is 0.158. The molecule has 0 radical (unpaired) electrons. The molecule has 0 unspecified atom stereocenters. The first-order chi connectivity index (χ1) is 21.4. The van der Waals surface area contributed by atoms with E-state index in [1.807, 2.05) is 37.3 Å². The van der Waals surface area contributed by atoms with Gasteiger partial charge in [0, 0.05) is 28.6 Å². The zero-order valence-corrected chi connectivity index (χ0v) is 25.1. The Bertz CT molecular complexity index is 2180. The van der Waals surface area contributed by atoms with E-state index in [0.717, 1.165) is 57.5 Å². The molecule has 3 aliphatic rings. The van der Waals surface area contributed by atoms with Crippen LogP contribution in [0.15, 0.2) is 90.3 Å². The van der Waals surface area contributed by atoms with E-state index in [4.69, 9.17) is 15.3 Å². The average molecular weight is 572 g/mol. The molecule has 1 aromatic heterocycles. The molecule has 0 saturated heterocycles. The molecule has 0 saturated carbocycles. The maximum Gasteiger partial charge on any atom is 0.177 e. The second-order valence-corrected chi connectivity index (χ2v) is 11.4. The van der Waals surface area contributed by atoms with Gasteiger partial charge in [0.05, 0.1) is 22.8 Å². The molecule has 0 amide bonds. The Hall–Kier alpha value is -5.72. The van der Waals surface area contributed by atoms with Crippen LogP contribution in [0.5, 0.6) is 5.75 Å². The van der Waals surface area contributed by atoms with Crippen LogP contribution in [0.4, 0.5) is 11.4 Å². The van der Waals surface area contributed by atoms with Gasteiger partial charge in [-0.25, -0.2) is 9.97 Å². The van der Waals surface area contributed by atoms with Crippen LogP contribution in [-0.4, -0.2) is 9.97 Å². The van der Waals surface area contributed by atoms with Gasteiger partial charge in [-0.05, 0) is 92.1 Å². The lowest BCUT2D eigenvalue weighted by molar-refractivity contribution is 0.388. The molecule has 44 heavy (non-hydrogen) atoms. The highest BCUT2D eigenvalue weighted by molar-refractivity contribution is 6.13. The van der Waals surface area contributed by atoms with Gasteiger partial charge >= 0.3 is 0 Å². The summed E-state index contributed by atoms with van der Waals surface area (Å²) in [4.78, 5) is 11.1. The fourth-order valence-electron chi connectivity index (χ4n) is 6.30. The first-order valence-electron chi connectivity index (χ1n) is 14.7. The molecule has 0 spiro atoms. The van der Waals surface area contributed by atoms with E-state index in [1.54, 1.807) is 0 Å². The molecule has 2 heterocycles. The lowest BCUT2D eigenvalue weighted by atomic mass is 10.0. The second kappa shape index (κ2) is 10.5. The Morgan fingerprint density at radius 3 is 2.25 bits per heavy atom. The van der Waals surface area contributed by atoms with E-state index in [0.29, 0.717) is 11.4 Å². The smallest absolute Gasteiger partial charge is 0.177 e. The Labute approximate surface area is 256 Å². The van der Waals surface area contributed by atoms with Crippen molar-refractivity contribution in [3.63, 3.8) is 0 Å².